The van der Waals surface area contributed by atoms with Crippen LogP contribution in [-0.4, -0.2) is 84.4 Å². The van der Waals surface area contributed by atoms with E-state index in [0.717, 1.165) is 24.8 Å². The van der Waals surface area contributed by atoms with Gasteiger partial charge in [-0.2, -0.15) is 4.31 Å². The second-order valence-electron chi connectivity index (χ2n) is 8.88. The number of aryl methyl sites for hydroxylation is 1. The van der Waals surface area contributed by atoms with E-state index in [1.165, 1.54) is 0 Å². The molecule has 168 valence electrons. The number of carbonyl (C=O) groups is 1. The summed E-state index contributed by atoms with van der Waals surface area (Å²) in [5, 5.41) is 9.66. The number of hydrogen-bond acceptors (Lipinski definition) is 5. The monoisotopic (exact) mass is 437 g/mol. The van der Waals surface area contributed by atoms with Gasteiger partial charge in [-0.25, -0.2) is 8.42 Å². The van der Waals surface area contributed by atoms with E-state index in [1.54, 1.807) is 34.3 Å². The smallest absolute Gasteiger partial charge is 0.254 e. The largest absolute Gasteiger partial charge is 0.392 e. The molecule has 2 heterocycles. The van der Waals surface area contributed by atoms with Gasteiger partial charge in [-0.3, -0.25) is 9.69 Å². The Bertz CT molecular complexity index is 871. The highest BCUT2D eigenvalue weighted by atomic mass is 32.2. The first-order valence-corrected chi connectivity index (χ1v) is 12.4. The van der Waals surface area contributed by atoms with Gasteiger partial charge in [0.25, 0.3) is 5.91 Å². The van der Waals surface area contributed by atoms with Gasteiger partial charge >= 0.3 is 0 Å². The fourth-order valence-electron chi connectivity index (χ4n) is 4.52. The molecule has 2 aliphatic rings. The van der Waals surface area contributed by atoms with Crippen LogP contribution in [0, 0.1) is 6.92 Å². The third-order valence-electron chi connectivity index (χ3n) is 6.34. The lowest BCUT2D eigenvalue weighted by molar-refractivity contribution is 0.0364. The summed E-state index contributed by atoms with van der Waals surface area (Å²) in [6.45, 7) is 10.6. The van der Waals surface area contributed by atoms with Crippen LogP contribution >= 0.6 is 0 Å². The summed E-state index contributed by atoms with van der Waals surface area (Å²) in [5.74, 6) is -0.125. The summed E-state index contributed by atoms with van der Waals surface area (Å²) in [6, 6.07) is 5.03. The second-order valence-corrected chi connectivity index (χ2v) is 10.8. The van der Waals surface area contributed by atoms with Crippen molar-refractivity contribution in [2.75, 3.05) is 32.7 Å². The number of piperidine rings is 1. The van der Waals surface area contributed by atoms with Gasteiger partial charge in [-0.15, -0.1) is 0 Å². The van der Waals surface area contributed by atoms with Crippen LogP contribution in [0.2, 0.25) is 0 Å². The Morgan fingerprint density at radius 3 is 2.53 bits per heavy atom. The van der Waals surface area contributed by atoms with Crippen molar-refractivity contribution in [1.29, 1.82) is 0 Å². The number of aliphatic hydroxyl groups excluding tert-OH is 1. The van der Waals surface area contributed by atoms with Gasteiger partial charge in [0.05, 0.1) is 11.0 Å². The van der Waals surface area contributed by atoms with E-state index in [4.69, 9.17) is 0 Å². The minimum atomic E-state index is -3.62. The minimum absolute atomic E-state index is 0.0213. The molecule has 3 atom stereocenters. The first-order valence-electron chi connectivity index (χ1n) is 10.9. The van der Waals surface area contributed by atoms with Crippen molar-refractivity contribution >= 4 is 15.9 Å². The highest BCUT2D eigenvalue weighted by Crippen LogP contribution is 2.27. The lowest BCUT2D eigenvalue weighted by Crippen LogP contribution is -2.55. The van der Waals surface area contributed by atoms with E-state index in [0.29, 0.717) is 38.3 Å². The second kappa shape index (κ2) is 9.34. The normalized spacial score (nSPS) is 25.3. The number of hydrogen-bond donors (Lipinski definition) is 1. The fourth-order valence-corrected chi connectivity index (χ4v) is 6.24. The lowest BCUT2D eigenvalue weighted by Gasteiger charge is -2.40. The number of nitrogens with zero attached hydrogens (tertiary/aromatic N) is 3. The van der Waals surface area contributed by atoms with Crippen molar-refractivity contribution in [1.82, 2.24) is 14.1 Å². The number of amides is 1. The van der Waals surface area contributed by atoms with Gasteiger partial charge in [-0.05, 0) is 58.2 Å². The Morgan fingerprint density at radius 2 is 1.90 bits per heavy atom. The molecule has 2 aliphatic heterocycles. The Hall–Kier alpha value is -1.48. The number of benzene rings is 1. The molecule has 0 unspecified atom stereocenters. The molecule has 1 amide bonds. The van der Waals surface area contributed by atoms with Crippen LogP contribution in [0.25, 0.3) is 0 Å². The Labute approximate surface area is 180 Å². The van der Waals surface area contributed by atoms with E-state index < -0.39 is 16.1 Å². The molecule has 0 bridgehead atoms. The fraction of sp³-hybridized carbons (Fsp3) is 0.682. The number of sulfonamides is 1. The highest BCUT2D eigenvalue weighted by molar-refractivity contribution is 7.89. The van der Waals surface area contributed by atoms with Crippen LogP contribution < -0.4 is 0 Å². The molecule has 1 aromatic rings. The molecule has 0 saturated carbocycles. The van der Waals surface area contributed by atoms with Crippen molar-refractivity contribution in [3.63, 3.8) is 0 Å². The van der Waals surface area contributed by atoms with Gasteiger partial charge in [0.15, 0.2) is 0 Å². The maximum Gasteiger partial charge on any atom is 0.254 e. The molecule has 0 radical (unpaired) electrons. The topological polar surface area (TPSA) is 81.2 Å². The van der Waals surface area contributed by atoms with Crippen molar-refractivity contribution in [2.24, 2.45) is 0 Å². The predicted molar refractivity (Wildman–Crippen MR) is 117 cm³/mol. The minimum Gasteiger partial charge on any atom is -0.392 e. The quantitative estimate of drug-likeness (QED) is 0.763. The summed E-state index contributed by atoms with van der Waals surface area (Å²) in [5.41, 5.74) is 1.24. The van der Waals surface area contributed by atoms with Gasteiger partial charge < -0.3 is 10.0 Å². The molecule has 0 aliphatic carbocycles. The molecular formula is C22H35N3O4S. The van der Waals surface area contributed by atoms with Crippen LogP contribution in [-0.2, 0) is 10.0 Å². The van der Waals surface area contributed by atoms with E-state index in [-0.39, 0.29) is 22.9 Å². The van der Waals surface area contributed by atoms with Gasteiger partial charge in [0.2, 0.25) is 10.0 Å². The zero-order valence-electron chi connectivity index (χ0n) is 18.5. The van der Waals surface area contributed by atoms with E-state index in [2.05, 4.69) is 4.90 Å². The van der Waals surface area contributed by atoms with Crippen molar-refractivity contribution in [2.45, 2.75) is 70.0 Å². The van der Waals surface area contributed by atoms with Crippen molar-refractivity contribution in [3.8, 4) is 0 Å². The van der Waals surface area contributed by atoms with Crippen LogP contribution in [0.1, 0.15) is 56.0 Å². The molecule has 8 heteroatoms. The van der Waals surface area contributed by atoms with E-state index in [9.17, 15) is 18.3 Å². The summed E-state index contributed by atoms with van der Waals surface area (Å²) in [6.07, 6.45) is 2.38. The van der Waals surface area contributed by atoms with Crippen molar-refractivity contribution in [3.05, 3.63) is 29.3 Å². The molecule has 30 heavy (non-hydrogen) atoms. The van der Waals surface area contributed by atoms with Crippen molar-refractivity contribution < 1.29 is 18.3 Å². The molecule has 0 aromatic heterocycles. The maximum absolute atomic E-state index is 13.3. The standard InChI is InChI=1S/C22H35N3O4S/c1-16-8-9-20(30(28,29)25-10-6-5-7-17(25)2)13-21(16)22(27)24-12-11-23(15-19(4)26)18(3)14-24/h8-9,13,17-19,26H,5-7,10-12,14-15H2,1-4H3/t17-,18-,19-/m0/s1. The molecular weight excluding hydrogens is 402 g/mol. The molecule has 7 nitrogen and oxygen atoms in total. The number of carbonyl (C=O) groups excluding carboxylic acids is 1. The molecule has 1 aromatic carbocycles. The Morgan fingerprint density at radius 1 is 1.17 bits per heavy atom. The summed E-state index contributed by atoms with van der Waals surface area (Å²) >= 11 is 0. The number of β-amino-alcohol motifs (C(OH)–C–C–N with tert-alkyl or cyclic N) is 1. The Balaban J connectivity index is 1.81. The zero-order valence-corrected chi connectivity index (χ0v) is 19.4. The van der Waals surface area contributed by atoms with Crippen LogP contribution in [0.5, 0.6) is 0 Å². The highest BCUT2D eigenvalue weighted by Gasteiger charge is 2.33. The maximum atomic E-state index is 13.3. The number of rotatable bonds is 5. The zero-order chi connectivity index (χ0) is 22.1. The molecule has 2 fully saturated rings. The van der Waals surface area contributed by atoms with E-state index >= 15 is 0 Å². The Kier molecular flexibility index (Phi) is 7.22. The van der Waals surface area contributed by atoms with E-state index in [1.807, 2.05) is 20.8 Å². The van der Waals surface area contributed by atoms with Gasteiger partial charge in [0.1, 0.15) is 0 Å². The predicted octanol–water partition coefficient (Wildman–Crippen LogP) is 2.09. The van der Waals surface area contributed by atoms with Crippen LogP contribution in [0.3, 0.4) is 0 Å². The first kappa shape index (κ1) is 23.2. The number of piperazine rings is 1. The molecule has 1 N–H and O–H groups in total. The third kappa shape index (κ3) is 4.88. The average Bonchev–Trinajstić information content (AvgIpc) is 2.69. The number of aliphatic hydroxyl groups is 1. The average molecular weight is 438 g/mol. The van der Waals surface area contributed by atoms with Crippen LogP contribution in [0.15, 0.2) is 23.1 Å². The molecule has 2 saturated heterocycles. The third-order valence-corrected chi connectivity index (χ3v) is 8.35. The SMILES string of the molecule is Cc1ccc(S(=O)(=O)N2CCCC[C@@H]2C)cc1C(=O)N1CCN(C[C@H](C)O)[C@@H](C)C1. The van der Waals surface area contributed by atoms with Crippen LogP contribution in [0.4, 0.5) is 0 Å². The molecule has 3 rings (SSSR count). The lowest BCUT2D eigenvalue weighted by atomic mass is 10.1. The first-order chi connectivity index (χ1) is 14.1. The summed E-state index contributed by atoms with van der Waals surface area (Å²) < 4.78 is 28.0. The summed E-state index contributed by atoms with van der Waals surface area (Å²) in [4.78, 5) is 17.4. The summed E-state index contributed by atoms with van der Waals surface area (Å²) in [7, 11) is -3.62. The molecule has 0 spiro atoms. The van der Waals surface area contributed by atoms with Gasteiger partial charge in [0, 0.05) is 50.4 Å². The van der Waals surface area contributed by atoms with Gasteiger partial charge in [-0.1, -0.05) is 12.5 Å².